The number of nitriles is 1. The first-order valence-corrected chi connectivity index (χ1v) is 14.3. The number of carbonyl (C=O) groups is 3. The van der Waals surface area contributed by atoms with Crippen molar-refractivity contribution >= 4 is 45.1 Å². The van der Waals surface area contributed by atoms with Crippen molar-refractivity contribution in [1.29, 1.82) is 5.26 Å². The van der Waals surface area contributed by atoms with Gasteiger partial charge in [0.2, 0.25) is 15.9 Å². The second-order valence-electron chi connectivity index (χ2n) is 9.26. The molecule has 1 aromatic heterocycles. The van der Waals surface area contributed by atoms with Crippen LogP contribution in [0.5, 0.6) is 0 Å². The number of aryl methyl sites for hydroxylation is 1. The van der Waals surface area contributed by atoms with E-state index < -0.39 is 28.3 Å². The van der Waals surface area contributed by atoms with E-state index >= 15 is 0 Å². The zero-order valence-corrected chi connectivity index (χ0v) is 23.0. The molecule has 1 aromatic carbocycles. The number of sulfonamides is 1. The van der Waals surface area contributed by atoms with Crippen molar-refractivity contribution < 1.29 is 27.2 Å². The summed E-state index contributed by atoms with van der Waals surface area (Å²) in [6.07, 6.45) is 3.83. The van der Waals surface area contributed by atoms with Gasteiger partial charge in [-0.05, 0) is 56.5 Å². The van der Waals surface area contributed by atoms with Gasteiger partial charge in [0.05, 0.1) is 23.0 Å². The average Bonchev–Trinajstić information content (AvgIpc) is 3.35. The van der Waals surface area contributed by atoms with E-state index in [9.17, 15) is 27.2 Å². The third-order valence-electron chi connectivity index (χ3n) is 6.50. The van der Waals surface area contributed by atoms with Crippen LogP contribution in [0.4, 0.5) is 10.1 Å². The van der Waals surface area contributed by atoms with Crippen molar-refractivity contribution in [2.24, 2.45) is 0 Å². The van der Waals surface area contributed by atoms with E-state index in [1.807, 2.05) is 0 Å². The zero-order chi connectivity index (χ0) is 28.7. The van der Waals surface area contributed by atoms with Crippen LogP contribution in [0.2, 0.25) is 0 Å². The van der Waals surface area contributed by atoms with Gasteiger partial charge in [-0.2, -0.15) is 5.26 Å². The number of aromatic nitrogens is 1. The Morgan fingerprint density at radius 3 is 2.59 bits per heavy atom. The van der Waals surface area contributed by atoms with Gasteiger partial charge < -0.3 is 15.6 Å². The monoisotopic (exact) mass is 557 g/mol. The number of benzene rings is 1. The van der Waals surface area contributed by atoms with Gasteiger partial charge in [0.25, 0.3) is 11.8 Å². The molecule has 0 radical (unpaired) electrons. The summed E-state index contributed by atoms with van der Waals surface area (Å²) < 4.78 is 39.1. The Hall–Kier alpha value is -3.98. The fourth-order valence-electron chi connectivity index (χ4n) is 4.45. The highest BCUT2D eigenvalue weighted by Gasteiger charge is 2.27. The second-order valence-corrected chi connectivity index (χ2v) is 11.3. The van der Waals surface area contributed by atoms with Crippen LogP contribution < -0.4 is 10.6 Å². The zero-order valence-electron chi connectivity index (χ0n) is 22.2. The molecule has 10 nitrogen and oxygen atoms in total. The first kappa shape index (κ1) is 29.6. The van der Waals surface area contributed by atoms with E-state index in [1.54, 1.807) is 32.9 Å². The third-order valence-corrected chi connectivity index (χ3v) is 8.31. The highest BCUT2D eigenvalue weighted by Crippen LogP contribution is 2.34. The van der Waals surface area contributed by atoms with Crippen molar-refractivity contribution in [3.8, 4) is 6.07 Å². The molecule has 3 rings (SSSR count). The van der Waals surface area contributed by atoms with Gasteiger partial charge in [-0.3, -0.25) is 14.4 Å². The van der Waals surface area contributed by atoms with Gasteiger partial charge in [0, 0.05) is 35.6 Å². The molecule has 3 N–H and O–H groups in total. The van der Waals surface area contributed by atoms with E-state index in [0.29, 0.717) is 75.9 Å². The Bertz CT molecular complexity index is 1460. The molecular formula is C27H32FN5O5S. The van der Waals surface area contributed by atoms with Crippen LogP contribution in [0, 0.1) is 31.0 Å². The second kappa shape index (κ2) is 12.7. The Morgan fingerprint density at radius 2 is 1.90 bits per heavy atom. The quantitative estimate of drug-likeness (QED) is 0.206. The summed E-state index contributed by atoms with van der Waals surface area (Å²) >= 11 is 0. The molecule has 0 unspecified atom stereocenters. The molecule has 0 fully saturated rings. The van der Waals surface area contributed by atoms with Crippen LogP contribution in [0.15, 0.2) is 18.2 Å². The molecule has 1 aliphatic heterocycles. The Balaban J connectivity index is 1.52. The number of carbonyl (C=O) groups excluding carboxylic acids is 3. The standard InChI is InChI=1S/C27H32FN5O5S/c1-4-24(34)33(13-11-29)39(37,38)14-8-6-5-7-12-30-27(36)25-17(2)23(31-18(25)3)16-21-20-15-19(28)9-10-22(20)32-26(21)35/h9-10,15-16,31H,4-8,12-14H2,1-3H3,(H,30,36)(H,32,35)/b21-16-. The summed E-state index contributed by atoms with van der Waals surface area (Å²) in [7, 11) is -3.84. The van der Waals surface area contributed by atoms with Crippen molar-refractivity contribution in [3.63, 3.8) is 0 Å². The molecule has 0 bridgehead atoms. The highest BCUT2D eigenvalue weighted by molar-refractivity contribution is 7.89. The summed E-state index contributed by atoms with van der Waals surface area (Å²) in [4.78, 5) is 40.3. The topological polar surface area (TPSA) is 152 Å². The predicted molar refractivity (Wildman–Crippen MR) is 145 cm³/mol. The summed E-state index contributed by atoms with van der Waals surface area (Å²) in [6.45, 7) is 4.96. The lowest BCUT2D eigenvalue weighted by molar-refractivity contribution is -0.125. The molecule has 0 saturated heterocycles. The van der Waals surface area contributed by atoms with Gasteiger partial charge in [0.1, 0.15) is 12.4 Å². The molecule has 0 spiro atoms. The minimum absolute atomic E-state index is 0.00289. The van der Waals surface area contributed by atoms with Crippen LogP contribution in [0.25, 0.3) is 11.6 Å². The number of hydrogen-bond acceptors (Lipinski definition) is 6. The van der Waals surface area contributed by atoms with Gasteiger partial charge in [-0.15, -0.1) is 0 Å². The smallest absolute Gasteiger partial charge is 0.256 e. The van der Waals surface area contributed by atoms with Gasteiger partial charge in [-0.25, -0.2) is 17.1 Å². The van der Waals surface area contributed by atoms with E-state index in [2.05, 4.69) is 15.6 Å². The van der Waals surface area contributed by atoms with E-state index in [-0.39, 0.29) is 24.0 Å². The van der Waals surface area contributed by atoms with Crippen molar-refractivity contribution in [2.45, 2.75) is 52.9 Å². The van der Waals surface area contributed by atoms with Crippen LogP contribution >= 0.6 is 0 Å². The first-order valence-electron chi connectivity index (χ1n) is 12.7. The van der Waals surface area contributed by atoms with Gasteiger partial charge >= 0.3 is 0 Å². The SMILES string of the molecule is CCC(=O)N(CC#N)S(=O)(=O)CCCCCCNC(=O)c1c(C)[nH]c(/C=C2\C(=O)Nc3ccc(F)cc32)c1C. The Kier molecular flexibility index (Phi) is 9.64. The highest BCUT2D eigenvalue weighted by atomic mass is 32.2. The molecule has 0 aliphatic carbocycles. The molecule has 2 aromatic rings. The molecule has 12 heteroatoms. The lowest BCUT2D eigenvalue weighted by Gasteiger charge is -2.18. The number of halogens is 1. The lowest BCUT2D eigenvalue weighted by Crippen LogP contribution is -2.38. The summed E-state index contributed by atoms with van der Waals surface area (Å²) in [5.41, 5.74) is 3.61. The normalized spacial score (nSPS) is 13.6. The van der Waals surface area contributed by atoms with Crippen LogP contribution in [-0.2, 0) is 19.6 Å². The average molecular weight is 558 g/mol. The summed E-state index contributed by atoms with van der Waals surface area (Å²) in [5, 5.41) is 14.4. The molecule has 0 saturated carbocycles. The van der Waals surface area contributed by atoms with Crippen molar-refractivity contribution in [2.75, 3.05) is 24.2 Å². The van der Waals surface area contributed by atoms with Crippen LogP contribution in [0.3, 0.4) is 0 Å². The minimum atomic E-state index is -3.84. The summed E-state index contributed by atoms with van der Waals surface area (Å²) in [6, 6.07) is 5.79. The predicted octanol–water partition coefficient (Wildman–Crippen LogP) is 3.65. The fraction of sp³-hybridized carbons (Fsp3) is 0.407. The third kappa shape index (κ3) is 6.92. The van der Waals surface area contributed by atoms with Gasteiger partial charge in [0.15, 0.2) is 0 Å². The maximum atomic E-state index is 13.7. The number of aromatic amines is 1. The molecule has 0 atom stereocenters. The Labute approximate surface area is 227 Å². The van der Waals surface area contributed by atoms with Crippen molar-refractivity contribution in [3.05, 3.63) is 52.1 Å². The molecule has 1 aliphatic rings. The maximum Gasteiger partial charge on any atom is 0.256 e. The van der Waals surface area contributed by atoms with Crippen LogP contribution in [-0.4, -0.2) is 54.3 Å². The number of amides is 3. The lowest BCUT2D eigenvalue weighted by atomic mass is 10.0. The minimum Gasteiger partial charge on any atom is -0.358 e. The molecule has 39 heavy (non-hydrogen) atoms. The number of fused-ring (bicyclic) bond motifs is 1. The van der Waals surface area contributed by atoms with Crippen molar-refractivity contribution in [1.82, 2.24) is 14.6 Å². The number of nitrogens with one attached hydrogen (secondary N) is 3. The first-order chi connectivity index (χ1) is 18.5. The number of unbranched alkanes of at least 4 members (excludes halogenated alkanes) is 3. The molecule has 2 heterocycles. The number of hydrogen-bond donors (Lipinski definition) is 3. The molecule has 3 amide bonds. The number of H-pyrrole nitrogens is 1. The maximum absolute atomic E-state index is 13.7. The molecule has 208 valence electrons. The summed E-state index contributed by atoms with van der Waals surface area (Å²) in [5.74, 6) is -1.90. The van der Waals surface area contributed by atoms with Gasteiger partial charge in [-0.1, -0.05) is 19.8 Å². The van der Waals surface area contributed by atoms with E-state index in [0.717, 1.165) is 0 Å². The van der Waals surface area contributed by atoms with E-state index in [4.69, 9.17) is 5.26 Å². The largest absolute Gasteiger partial charge is 0.358 e. The number of rotatable bonds is 12. The van der Waals surface area contributed by atoms with Crippen LogP contribution in [0.1, 0.15) is 71.9 Å². The molecular weight excluding hydrogens is 525 g/mol. The number of nitrogens with zero attached hydrogens (tertiary/aromatic N) is 2. The van der Waals surface area contributed by atoms with E-state index in [1.165, 1.54) is 18.2 Å². The fourth-order valence-corrected chi connectivity index (χ4v) is 5.94. The number of anilines is 1. The Morgan fingerprint density at radius 1 is 1.18 bits per heavy atom.